The summed E-state index contributed by atoms with van der Waals surface area (Å²) in [4.78, 5) is 10.2. The van der Waals surface area contributed by atoms with Crippen molar-refractivity contribution in [3.8, 4) is 5.75 Å². The van der Waals surface area contributed by atoms with Crippen LogP contribution in [0.4, 0.5) is 0 Å². The van der Waals surface area contributed by atoms with Crippen LogP contribution in [0.2, 0.25) is 5.02 Å². The highest BCUT2D eigenvalue weighted by Crippen LogP contribution is 2.24. The van der Waals surface area contributed by atoms with Crippen LogP contribution in [0.1, 0.15) is 5.56 Å². The van der Waals surface area contributed by atoms with Crippen molar-refractivity contribution in [1.29, 1.82) is 0 Å². The van der Waals surface area contributed by atoms with Gasteiger partial charge in [0.05, 0.1) is 5.02 Å². The van der Waals surface area contributed by atoms with Gasteiger partial charge in [-0.15, -0.1) is 0 Å². The first-order chi connectivity index (χ1) is 7.09. The zero-order valence-corrected chi connectivity index (χ0v) is 8.99. The third-order valence-electron chi connectivity index (χ3n) is 1.68. The molecule has 80 valence electrons. The maximum Gasteiger partial charge on any atom is 0.328 e. The van der Waals surface area contributed by atoms with E-state index in [1.165, 1.54) is 6.08 Å². The van der Waals surface area contributed by atoms with Crippen LogP contribution in [0, 0.1) is 6.92 Å². The fraction of sp³-hybridized carbons (Fsp3) is 0.182. The Bertz CT molecular complexity index is 385. The normalized spacial score (nSPS) is 10.5. The smallest absolute Gasteiger partial charge is 0.328 e. The van der Waals surface area contributed by atoms with Crippen LogP contribution in [0.25, 0.3) is 0 Å². The van der Waals surface area contributed by atoms with Crippen molar-refractivity contribution in [3.05, 3.63) is 40.9 Å². The molecule has 0 aliphatic rings. The maximum absolute atomic E-state index is 10.2. The lowest BCUT2D eigenvalue weighted by Gasteiger charge is -2.05. The summed E-state index contributed by atoms with van der Waals surface area (Å²) >= 11 is 5.87. The third kappa shape index (κ3) is 4.04. The molecule has 4 heteroatoms. The van der Waals surface area contributed by atoms with E-state index in [0.29, 0.717) is 10.8 Å². The van der Waals surface area contributed by atoms with Gasteiger partial charge in [0, 0.05) is 6.08 Å². The summed E-state index contributed by atoms with van der Waals surface area (Å²) in [6.07, 6.45) is 2.45. The van der Waals surface area contributed by atoms with Gasteiger partial charge < -0.3 is 9.84 Å². The Morgan fingerprint density at radius 1 is 1.60 bits per heavy atom. The second kappa shape index (κ2) is 5.41. The Labute approximate surface area is 92.9 Å². The van der Waals surface area contributed by atoms with E-state index in [9.17, 15) is 4.79 Å². The number of halogens is 1. The molecule has 0 radical (unpaired) electrons. The Morgan fingerprint density at radius 3 is 3.00 bits per heavy atom. The van der Waals surface area contributed by atoms with Crippen LogP contribution in [0.5, 0.6) is 5.75 Å². The highest BCUT2D eigenvalue weighted by atomic mass is 35.5. The lowest BCUT2D eigenvalue weighted by atomic mass is 10.2. The highest BCUT2D eigenvalue weighted by molar-refractivity contribution is 6.32. The van der Waals surface area contributed by atoms with Crippen LogP contribution in [-0.2, 0) is 4.79 Å². The average Bonchev–Trinajstić information content (AvgIpc) is 2.17. The molecule has 3 nitrogen and oxygen atoms in total. The largest absolute Gasteiger partial charge is 0.488 e. The number of aliphatic carboxylic acids is 1. The first kappa shape index (κ1) is 11.6. The van der Waals surface area contributed by atoms with E-state index in [1.807, 2.05) is 13.0 Å². The van der Waals surface area contributed by atoms with Gasteiger partial charge in [-0.2, -0.15) is 0 Å². The number of ether oxygens (including phenoxy) is 1. The van der Waals surface area contributed by atoms with E-state index in [-0.39, 0.29) is 6.61 Å². The van der Waals surface area contributed by atoms with Gasteiger partial charge in [-0.3, -0.25) is 0 Å². The lowest BCUT2D eigenvalue weighted by molar-refractivity contribution is -0.131. The maximum atomic E-state index is 10.2. The molecule has 0 heterocycles. The average molecular weight is 227 g/mol. The summed E-state index contributed by atoms with van der Waals surface area (Å²) in [6, 6.07) is 5.42. The molecule has 15 heavy (non-hydrogen) atoms. The standard InChI is InChI=1S/C11H11ClO3/c1-8-4-5-9(12)10(7-8)15-6-2-3-11(13)14/h2-5,7H,6H2,1H3,(H,13,14)/b3-2+. The number of hydrogen-bond donors (Lipinski definition) is 1. The third-order valence-corrected chi connectivity index (χ3v) is 1.99. The summed E-state index contributed by atoms with van der Waals surface area (Å²) in [7, 11) is 0. The molecule has 0 bridgehead atoms. The fourth-order valence-corrected chi connectivity index (χ4v) is 1.18. The molecular weight excluding hydrogens is 216 g/mol. The first-order valence-electron chi connectivity index (χ1n) is 4.38. The lowest BCUT2D eigenvalue weighted by Crippen LogP contribution is -1.96. The summed E-state index contributed by atoms with van der Waals surface area (Å²) in [5, 5.41) is 8.86. The van der Waals surface area contributed by atoms with Crippen molar-refractivity contribution < 1.29 is 14.6 Å². The minimum atomic E-state index is -0.992. The second-order valence-electron chi connectivity index (χ2n) is 2.99. The van der Waals surface area contributed by atoms with Gasteiger partial charge in [0.25, 0.3) is 0 Å². The van der Waals surface area contributed by atoms with E-state index in [0.717, 1.165) is 11.6 Å². The summed E-state index contributed by atoms with van der Waals surface area (Å²) in [6.45, 7) is 2.12. The molecule has 0 saturated heterocycles. The number of rotatable bonds is 4. The van der Waals surface area contributed by atoms with Gasteiger partial charge >= 0.3 is 5.97 Å². The van der Waals surface area contributed by atoms with E-state index in [1.54, 1.807) is 12.1 Å². The predicted molar refractivity (Wildman–Crippen MR) is 58.5 cm³/mol. The van der Waals surface area contributed by atoms with Crippen molar-refractivity contribution in [2.75, 3.05) is 6.61 Å². The second-order valence-corrected chi connectivity index (χ2v) is 3.39. The van der Waals surface area contributed by atoms with E-state index in [4.69, 9.17) is 21.4 Å². The summed E-state index contributed by atoms with van der Waals surface area (Å²) < 4.78 is 5.29. The molecule has 0 aliphatic heterocycles. The Morgan fingerprint density at radius 2 is 2.33 bits per heavy atom. The zero-order valence-electron chi connectivity index (χ0n) is 8.24. The molecule has 1 rings (SSSR count). The zero-order chi connectivity index (χ0) is 11.3. The van der Waals surface area contributed by atoms with Crippen LogP contribution < -0.4 is 4.74 Å². The Balaban J connectivity index is 2.57. The van der Waals surface area contributed by atoms with Crippen molar-refractivity contribution in [3.63, 3.8) is 0 Å². The molecule has 1 N–H and O–H groups in total. The molecule has 0 amide bonds. The van der Waals surface area contributed by atoms with Gasteiger partial charge in [0.2, 0.25) is 0 Å². The number of aryl methyl sites for hydroxylation is 1. The van der Waals surface area contributed by atoms with Crippen LogP contribution in [-0.4, -0.2) is 17.7 Å². The predicted octanol–water partition coefficient (Wildman–Crippen LogP) is 2.67. The molecule has 0 aliphatic carbocycles. The Hall–Kier alpha value is -1.48. The summed E-state index contributed by atoms with van der Waals surface area (Å²) in [5.74, 6) is -0.430. The molecule has 1 aromatic rings. The van der Waals surface area contributed by atoms with Gasteiger partial charge in [-0.05, 0) is 30.7 Å². The van der Waals surface area contributed by atoms with Gasteiger partial charge in [0.15, 0.2) is 0 Å². The van der Waals surface area contributed by atoms with Crippen LogP contribution in [0.15, 0.2) is 30.4 Å². The highest BCUT2D eigenvalue weighted by Gasteiger charge is 1.99. The quantitative estimate of drug-likeness (QED) is 0.803. The van der Waals surface area contributed by atoms with Crippen molar-refractivity contribution in [2.24, 2.45) is 0 Å². The number of carboxylic acids is 1. The van der Waals surface area contributed by atoms with Gasteiger partial charge in [0.1, 0.15) is 12.4 Å². The fourth-order valence-electron chi connectivity index (χ4n) is 1.01. The molecule has 0 unspecified atom stereocenters. The van der Waals surface area contributed by atoms with Crippen LogP contribution in [0.3, 0.4) is 0 Å². The molecule has 0 saturated carbocycles. The Kier molecular flexibility index (Phi) is 4.18. The van der Waals surface area contributed by atoms with Crippen molar-refractivity contribution >= 4 is 17.6 Å². The number of carboxylic acid groups (broad SMARTS) is 1. The monoisotopic (exact) mass is 226 g/mol. The van der Waals surface area contributed by atoms with E-state index < -0.39 is 5.97 Å². The van der Waals surface area contributed by atoms with Crippen molar-refractivity contribution in [1.82, 2.24) is 0 Å². The summed E-state index contributed by atoms with van der Waals surface area (Å²) in [5.41, 5.74) is 1.04. The van der Waals surface area contributed by atoms with Gasteiger partial charge in [-0.25, -0.2) is 4.79 Å². The molecule has 1 aromatic carbocycles. The minimum Gasteiger partial charge on any atom is -0.488 e. The van der Waals surface area contributed by atoms with Gasteiger partial charge in [-0.1, -0.05) is 17.7 Å². The molecule has 0 atom stereocenters. The van der Waals surface area contributed by atoms with E-state index in [2.05, 4.69) is 0 Å². The topological polar surface area (TPSA) is 46.5 Å². The van der Waals surface area contributed by atoms with E-state index >= 15 is 0 Å². The molecule has 0 fully saturated rings. The molecular formula is C11H11ClO3. The number of benzene rings is 1. The molecule has 0 aromatic heterocycles. The van der Waals surface area contributed by atoms with Crippen LogP contribution >= 0.6 is 11.6 Å². The number of carbonyl (C=O) groups is 1. The SMILES string of the molecule is Cc1ccc(Cl)c(OC/C=C/C(=O)O)c1. The first-order valence-corrected chi connectivity index (χ1v) is 4.76. The molecule has 0 spiro atoms. The van der Waals surface area contributed by atoms with Crippen molar-refractivity contribution in [2.45, 2.75) is 6.92 Å². The minimum absolute atomic E-state index is 0.190. The number of hydrogen-bond acceptors (Lipinski definition) is 2.